The van der Waals surface area contributed by atoms with Crippen molar-refractivity contribution in [3.8, 4) is 17.3 Å². The van der Waals surface area contributed by atoms with Crippen LogP contribution in [0.5, 0.6) is 11.5 Å². The normalized spacial score (nSPS) is 27.3. The number of pyridine rings is 1. The molecule has 2 unspecified atom stereocenters. The van der Waals surface area contributed by atoms with Crippen molar-refractivity contribution in [1.82, 2.24) is 30.3 Å². The van der Waals surface area contributed by atoms with Gasteiger partial charge in [0.25, 0.3) is 0 Å². The number of anilines is 1. The number of methoxy groups -OCH3 is 1. The number of benzene rings is 1. The summed E-state index contributed by atoms with van der Waals surface area (Å²) in [5.41, 5.74) is -1.57. The first kappa shape index (κ1) is 38.2. The molecule has 1 saturated heterocycles. The minimum absolute atomic E-state index is 0.00300. The molecule has 4 aliphatic rings. The molecule has 0 spiro atoms. The van der Waals surface area contributed by atoms with Crippen LogP contribution < -0.4 is 25.4 Å². The summed E-state index contributed by atoms with van der Waals surface area (Å²) in [5.74, 6) is 1.05. The highest BCUT2D eigenvalue weighted by Gasteiger charge is 2.61. The number of nitrogens with zero attached hydrogens (tertiary/aromatic N) is 4. The van der Waals surface area contributed by atoms with Crippen LogP contribution in [0, 0.1) is 23.2 Å². The summed E-state index contributed by atoms with van der Waals surface area (Å²) >= 11 is 0. The molecule has 0 bridgehead atoms. The van der Waals surface area contributed by atoms with Gasteiger partial charge >= 0.3 is 12.1 Å². The smallest absolute Gasteiger partial charge is 0.408 e. The molecule has 3 aliphatic carbocycles. The Morgan fingerprint density at radius 3 is 2.42 bits per heavy atom. The molecule has 4 fully saturated rings. The second-order valence-electron chi connectivity index (χ2n) is 17.1. The molecular weight excluding hydrogens is 706 g/mol. The van der Waals surface area contributed by atoms with Gasteiger partial charge in [-0.1, -0.05) is 34.1 Å². The number of rotatable bonds is 13. The Morgan fingerprint density at radius 1 is 1.04 bits per heavy atom. The Balaban J connectivity index is 1.18. The van der Waals surface area contributed by atoms with Gasteiger partial charge in [0.05, 0.1) is 19.2 Å². The van der Waals surface area contributed by atoms with Gasteiger partial charge in [0.1, 0.15) is 47.1 Å². The number of carbonyl (C=O) groups is 4. The van der Waals surface area contributed by atoms with Crippen LogP contribution in [0.2, 0.25) is 0 Å². The Hall–Kier alpha value is -5.08. The van der Waals surface area contributed by atoms with Crippen molar-refractivity contribution < 1.29 is 38.5 Å². The molecule has 15 nitrogen and oxygen atoms in total. The molecule has 296 valence electrons. The predicted octanol–water partition coefficient (Wildman–Crippen LogP) is 4.91. The van der Waals surface area contributed by atoms with Gasteiger partial charge < -0.3 is 40.2 Å². The quantitative estimate of drug-likeness (QED) is 0.186. The Labute approximate surface area is 320 Å². The zero-order chi connectivity index (χ0) is 39.4. The van der Waals surface area contributed by atoms with Crippen LogP contribution in [-0.2, 0) is 19.1 Å². The predicted molar refractivity (Wildman–Crippen MR) is 203 cm³/mol. The highest BCUT2D eigenvalue weighted by molar-refractivity contribution is 5.96. The van der Waals surface area contributed by atoms with Gasteiger partial charge in [-0.25, -0.2) is 19.3 Å². The van der Waals surface area contributed by atoms with E-state index in [4.69, 9.17) is 19.2 Å². The number of aliphatic carboxylic acids is 1. The van der Waals surface area contributed by atoms with Crippen LogP contribution in [0.4, 0.5) is 10.6 Å². The third kappa shape index (κ3) is 7.88. The maximum atomic E-state index is 14.6. The zero-order valence-electron chi connectivity index (χ0n) is 32.6. The lowest BCUT2D eigenvalue weighted by molar-refractivity contribution is -0.146. The van der Waals surface area contributed by atoms with Gasteiger partial charge in [0.15, 0.2) is 5.82 Å². The van der Waals surface area contributed by atoms with Crippen molar-refractivity contribution in [2.24, 2.45) is 23.2 Å². The molecule has 0 radical (unpaired) electrons. The van der Waals surface area contributed by atoms with E-state index in [1.54, 1.807) is 36.2 Å². The minimum atomic E-state index is -1.39. The van der Waals surface area contributed by atoms with Crippen LogP contribution in [0.25, 0.3) is 16.7 Å². The van der Waals surface area contributed by atoms with Crippen molar-refractivity contribution in [3.05, 3.63) is 36.5 Å². The fourth-order valence-electron chi connectivity index (χ4n) is 8.35. The lowest BCUT2D eigenvalue weighted by atomic mass is 9.85. The zero-order valence-corrected chi connectivity index (χ0v) is 32.6. The standard InChI is InChI=1S/C40H53N7O8/c1-8-24-19-40(24,37(50)51)44-35(48)30-17-27(20-46(30)36(49)34(39(4,5)6)43-38(52)55-26-14-22-13-23(22)15-26)54-31-18-33(47-12-11-32(45-47)41-21(2)3)42-29-16-25(53-7)9-10-28(29)31/h9-12,16,18,21-24,26-27,30,34H,8,13-15,17,19-20H2,1-7H3,(H,41,45)(H,43,52)(H,44,48)(H,50,51)/t22-,23+,24-,26?,27-,30+,34?,40-/m1/s1. The van der Waals surface area contributed by atoms with E-state index in [9.17, 15) is 24.3 Å². The molecule has 8 atom stereocenters. The molecule has 1 aromatic carbocycles. The molecule has 3 amide bonds. The maximum Gasteiger partial charge on any atom is 0.408 e. The second kappa shape index (κ2) is 14.5. The average Bonchev–Trinajstić information content (AvgIpc) is 3.79. The fraction of sp³-hybridized carbons (Fsp3) is 0.600. The van der Waals surface area contributed by atoms with E-state index in [0.717, 1.165) is 12.8 Å². The van der Waals surface area contributed by atoms with Gasteiger partial charge in [0.2, 0.25) is 11.8 Å². The topological polar surface area (TPSA) is 186 Å². The molecule has 3 heterocycles. The van der Waals surface area contributed by atoms with Crippen molar-refractivity contribution in [2.45, 2.75) is 116 Å². The van der Waals surface area contributed by atoms with Crippen molar-refractivity contribution in [2.75, 3.05) is 19.0 Å². The van der Waals surface area contributed by atoms with E-state index in [-0.39, 0.29) is 31.0 Å². The largest absolute Gasteiger partial charge is 0.497 e. The summed E-state index contributed by atoms with van der Waals surface area (Å²) in [7, 11) is 1.57. The summed E-state index contributed by atoms with van der Waals surface area (Å²) in [6.45, 7) is 11.4. The van der Waals surface area contributed by atoms with Gasteiger partial charge in [-0.05, 0) is 74.8 Å². The summed E-state index contributed by atoms with van der Waals surface area (Å²) in [4.78, 5) is 60.7. The number of fused-ring (bicyclic) bond motifs is 2. The SMILES string of the molecule is CC[C@@H]1C[C@]1(NC(=O)[C@@H]1C[C@@H](Oc2cc(-n3ccc(NC(C)C)n3)nc3cc(OC)ccc23)CN1C(=O)C(NC(=O)OC1C[C@@H]2C[C@@H]2C1)C(C)(C)C)C(=O)O. The van der Waals surface area contributed by atoms with E-state index >= 15 is 0 Å². The molecular formula is C40H53N7O8. The van der Waals surface area contributed by atoms with E-state index in [1.165, 1.54) is 11.3 Å². The number of amides is 3. The molecule has 55 heavy (non-hydrogen) atoms. The number of carboxylic acids is 1. The number of carbonyl (C=O) groups excluding carboxylic acids is 3. The van der Waals surface area contributed by atoms with Crippen LogP contribution >= 0.6 is 0 Å². The van der Waals surface area contributed by atoms with Crippen LogP contribution in [0.15, 0.2) is 36.5 Å². The number of aromatic nitrogens is 3. The number of likely N-dealkylation sites (tertiary alicyclic amines) is 1. The highest BCUT2D eigenvalue weighted by atomic mass is 16.6. The van der Waals surface area contributed by atoms with E-state index in [2.05, 4.69) is 21.0 Å². The second-order valence-corrected chi connectivity index (χ2v) is 17.1. The van der Waals surface area contributed by atoms with Gasteiger partial charge in [-0.3, -0.25) is 9.59 Å². The summed E-state index contributed by atoms with van der Waals surface area (Å²) in [6.07, 6.45) is 4.07. The molecule has 2 aromatic heterocycles. The average molecular weight is 760 g/mol. The van der Waals surface area contributed by atoms with Crippen LogP contribution in [0.1, 0.15) is 80.1 Å². The van der Waals surface area contributed by atoms with Crippen molar-refractivity contribution in [3.63, 3.8) is 0 Å². The summed E-state index contributed by atoms with van der Waals surface area (Å²) in [6, 6.07) is 7.10. The number of alkyl carbamates (subject to hydrolysis) is 1. The first-order valence-corrected chi connectivity index (χ1v) is 19.4. The first-order chi connectivity index (χ1) is 26.1. The first-order valence-electron chi connectivity index (χ1n) is 19.4. The Morgan fingerprint density at radius 2 is 1.78 bits per heavy atom. The molecule has 3 saturated carbocycles. The van der Waals surface area contributed by atoms with Gasteiger partial charge in [-0.15, -0.1) is 5.10 Å². The third-order valence-corrected chi connectivity index (χ3v) is 11.5. The molecule has 15 heteroatoms. The summed E-state index contributed by atoms with van der Waals surface area (Å²) in [5, 5.41) is 24.4. The number of hydrogen-bond acceptors (Lipinski definition) is 10. The van der Waals surface area contributed by atoms with Crippen molar-refractivity contribution >= 4 is 40.6 Å². The third-order valence-electron chi connectivity index (χ3n) is 11.5. The lowest BCUT2D eigenvalue weighted by Crippen LogP contribution is -2.59. The monoisotopic (exact) mass is 759 g/mol. The summed E-state index contributed by atoms with van der Waals surface area (Å²) < 4.78 is 19.6. The minimum Gasteiger partial charge on any atom is -0.497 e. The van der Waals surface area contributed by atoms with E-state index in [1.807, 2.05) is 53.7 Å². The molecule has 4 N–H and O–H groups in total. The number of carboxylic acid groups (broad SMARTS) is 1. The van der Waals surface area contributed by atoms with Crippen molar-refractivity contribution in [1.29, 1.82) is 0 Å². The number of hydrogen-bond donors (Lipinski definition) is 4. The molecule has 7 rings (SSSR count). The molecule has 3 aromatic rings. The number of ether oxygens (including phenoxy) is 3. The Kier molecular flexibility index (Phi) is 10.1. The van der Waals surface area contributed by atoms with Gasteiger partial charge in [0, 0.05) is 42.2 Å². The highest BCUT2D eigenvalue weighted by Crippen LogP contribution is 2.52. The fourth-order valence-corrected chi connectivity index (χ4v) is 8.35. The van der Waals surface area contributed by atoms with Crippen LogP contribution in [0.3, 0.4) is 0 Å². The Bertz CT molecular complexity index is 1970. The van der Waals surface area contributed by atoms with E-state index < -0.39 is 53.0 Å². The van der Waals surface area contributed by atoms with Crippen LogP contribution in [-0.4, -0.2) is 98.2 Å². The maximum absolute atomic E-state index is 14.6. The number of nitrogens with one attached hydrogen (secondary N) is 3. The van der Waals surface area contributed by atoms with E-state index in [0.29, 0.717) is 58.7 Å². The molecule has 1 aliphatic heterocycles. The van der Waals surface area contributed by atoms with Gasteiger partial charge in [-0.2, -0.15) is 0 Å². The lowest BCUT2D eigenvalue weighted by Gasteiger charge is -2.35.